The molecule has 196 valence electrons. The van der Waals surface area contributed by atoms with Crippen LogP contribution in [-0.2, 0) is 19.1 Å². The summed E-state index contributed by atoms with van der Waals surface area (Å²) in [4.78, 5) is 41.9. The second kappa shape index (κ2) is 11.1. The molecule has 4 rings (SSSR count). The van der Waals surface area contributed by atoms with Crippen molar-refractivity contribution in [3.05, 3.63) is 82.3 Å². The summed E-state index contributed by atoms with van der Waals surface area (Å²) in [5, 5.41) is 20.2. The van der Waals surface area contributed by atoms with Crippen molar-refractivity contribution in [2.24, 2.45) is 5.73 Å². The highest BCUT2D eigenvalue weighted by Crippen LogP contribution is 2.43. The zero-order chi connectivity index (χ0) is 27.4. The number of ether oxygens (including phenoxy) is 2. The topological polar surface area (TPSA) is 146 Å². The Morgan fingerprint density at radius 1 is 1.00 bits per heavy atom. The lowest BCUT2D eigenvalue weighted by molar-refractivity contribution is -0.139. The molecule has 1 saturated heterocycles. The van der Waals surface area contributed by atoms with Crippen LogP contribution in [0.2, 0.25) is 0 Å². The Labute approximate surface area is 220 Å². The van der Waals surface area contributed by atoms with Gasteiger partial charge in [-0.2, -0.15) is 5.26 Å². The SMILES string of the molecule is COC(=O)C1=C(C(=O)OC)N(c2ccc(N3CCCCC3)c(C(=O)O)c2)C(N)=C(C#N)C1c1ccccc1. The molecule has 2 aliphatic heterocycles. The Kier molecular flexibility index (Phi) is 7.67. The van der Waals surface area contributed by atoms with Crippen molar-refractivity contribution in [2.45, 2.75) is 25.2 Å². The van der Waals surface area contributed by atoms with Crippen LogP contribution < -0.4 is 15.5 Å². The van der Waals surface area contributed by atoms with E-state index in [1.54, 1.807) is 42.5 Å². The number of carboxylic acids is 1. The van der Waals surface area contributed by atoms with Crippen LogP contribution >= 0.6 is 0 Å². The molecule has 2 aromatic carbocycles. The van der Waals surface area contributed by atoms with Crippen LogP contribution in [0.3, 0.4) is 0 Å². The molecule has 2 aromatic rings. The molecule has 38 heavy (non-hydrogen) atoms. The van der Waals surface area contributed by atoms with E-state index >= 15 is 0 Å². The summed E-state index contributed by atoms with van der Waals surface area (Å²) in [6.45, 7) is 1.45. The number of aromatic carboxylic acids is 1. The zero-order valence-electron chi connectivity index (χ0n) is 21.1. The summed E-state index contributed by atoms with van der Waals surface area (Å²) in [5.41, 5.74) is 7.39. The molecule has 10 heteroatoms. The van der Waals surface area contributed by atoms with Crippen LogP contribution in [0.15, 0.2) is 71.2 Å². The predicted molar refractivity (Wildman–Crippen MR) is 139 cm³/mol. The van der Waals surface area contributed by atoms with Gasteiger partial charge in [0.15, 0.2) is 0 Å². The van der Waals surface area contributed by atoms with Gasteiger partial charge in [0.2, 0.25) is 0 Å². The number of rotatable bonds is 6. The number of benzene rings is 2. The fraction of sp³-hybridized carbons (Fsp3) is 0.286. The van der Waals surface area contributed by atoms with Crippen molar-refractivity contribution in [2.75, 3.05) is 37.1 Å². The first-order valence-corrected chi connectivity index (χ1v) is 12.1. The van der Waals surface area contributed by atoms with Crippen LogP contribution in [0.4, 0.5) is 11.4 Å². The number of nitriles is 1. The molecule has 0 spiro atoms. The molecular formula is C28H28N4O6. The Morgan fingerprint density at radius 3 is 2.24 bits per heavy atom. The standard InChI is InChI=1S/C28H28N4O6/c1-37-27(35)23-22(17-9-5-3-6-10-17)20(16-29)25(30)32(24(23)28(36)38-2)18-11-12-21(19(15-18)26(33)34)31-13-7-4-8-14-31/h3,5-6,9-12,15,22H,4,7-8,13-14,30H2,1-2H3,(H,33,34). The van der Waals surface area contributed by atoms with Crippen LogP contribution in [0.25, 0.3) is 0 Å². The third kappa shape index (κ3) is 4.66. The molecular weight excluding hydrogens is 488 g/mol. The minimum atomic E-state index is -1.16. The number of anilines is 2. The fourth-order valence-corrected chi connectivity index (χ4v) is 5.03. The summed E-state index contributed by atoms with van der Waals surface area (Å²) in [6.07, 6.45) is 2.98. The van der Waals surface area contributed by atoms with Crippen LogP contribution in [0.1, 0.15) is 41.1 Å². The number of carbonyl (C=O) groups excluding carboxylic acids is 2. The van der Waals surface area contributed by atoms with Crippen molar-refractivity contribution < 1.29 is 29.0 Å². The molecule has 3 N–H and O–H groups in total. The average Bonchev–Trinajstić information content (AvgIpc) is 2.96. The van der Waals surface area contributed by atoms with Crippen molar-refractivity contribution in [3.63, 3.8) is 0 Å². The number of carbonyl (C=O) groups is 3. The first-order valence-electron chi connectivity index (χ1n) is 12.1. The van der Waals surface area contributed by atoms with E-state index in [1.165, 1.54) is 18.1 Å². The lowest BCUT2D eigenvalue weighted by atomic mass is 9.81. The minimum Gasteiger partial charge on any atom is -0.478 e. The van der Waals surface area contributed by atoms with Gasteiger partial charge < -0.3 is 25.2 Å². The van der Waals surface area contributed by atoms with Gasteiger partial charge in [0.1, 0.15) is 11.5 Å². The molecule has 0 aliphatic carbocycles. The second-order valence-electron chi connectivity index (χ2n) is 8.89. The molecule has 10 nitrogen and oxygen atoms in total. The zero-order valence-corrected chi connectivity index (χ0v) is 21.1. The van der Waals surface area contributed by atoms with E-state index < -0.39 is 23.8 Å². The highest BCUT2D eigenvalue weighted by molar-refractivity contribution is 6.07. The summed E-state index contributed by atoms with van der Waals surface area (Å²) in [5.74, 6) is -4.05. The van der Waals surface area contributed by atoms with Gasteiger partial charge in [-0.3, -0.25) is 4.90 Å². The van der Waals surface area contributed by atoms with Crippen LogP contribution in [0.5, 0.6) is 0 Å². The van der Waals surface area contributed by atoms with Gasteiger partial charge in [0.05, 0.1) is 48.6 Å². The van der Waals surface area contributed by atoms with Gasteiger partial charge in [-0.1, -0.05) is 30.3 Å². The maximum atomic E-state index is 13.2. The van der Waals surface area contributed by atoms with Crippen LogP contribution in [-0.4, -0.2) is 50.3 Å². The van der Waals surface area contributed by atoms with Crippen molar-refractivity contribution in [3.8, 4) is 6.07 Å². The van der Waals surface area contributed by atoms with Crippen LogP contribution in [0, 0.1) is 11.3 Å². The largest absolute Gasteiger partial charge is 0.478 e. The van der Waals surface area contributed by atoms with E-state index in [2.05, 4.69) is 6.07 Å². The average molecular weight is 517 g/mol. The molecule has 1 fully saturated rings. The smallest absolute Gasteiger partial charge is 0.355 e. The van der Waals surface area contributed by atoms with Gasteiger partial charge in [-0.15, -0.1) is 0 Å². The highest BCUT2D eigenvalue weighted by Gasteiger charge is 2.43. The van der Waals surface area contributed by atoms with Crippen molar-refractivity contribution in [1.82, 2.24) is 0 Å². The number of hydrogen-bond acceptors (Lipinski definition) is 9. The highest BCUT2D eigenvalue weighted by atomic mass is 16.5. The second-order valence-corrected chi connectivity index (χ2v) is 8.89. The molecule has 0 radical (unpaired) electrons. The summed E-state index contributed by atoms with van der Waals surface area (Å²) >= 11 is 0. The molecule has 2 aliphatic rings. The Bertz CT molecular complexity index is 1370. The number of nitrogens with two attached hydrogens (primary N) is 1. The quantitative estimate of drug-likeness (QED) is 0.548. The first kappa shape index (κ1) is 26.3. The van der Waals surface area contributed by atoms with E-state index in [0.29, 0.717) is 11.3 Å². The number of nitrogens with zero attached hydrogens (tertiary/aromatic N) is 3. The molecule has 1 unspecified atom stereocenters. The minimum absolute atomic E-state index is 0.00114. The molecule has 0 amide bonds. The molecule has 2 heterocycles. The molecule has 0 bridgehead atoms. The maximum absolute atomic E-state index is 13.2. The third-order valence-electron chi connectivity index (χ3n) is 6.78. The summed E-state index contributed by atoms with van der Waals surface area (Å²) < 4.78 is 10.1. The van der Waals surface area contributed by atoms with Gasteiger partial charge in [0, 0.05) is 18.8 Å². The Hall–Kier alpha value is -4.78. The number of carboxylic acid groups (broad SMARTS) is 1. The monoisotopic (exact) mass is 516 g/mol. The number of hydrogen-bond donors (Lipinski definition) is 2. The fourth-order valence-electron chi connectivity index (χ4n) is 5.03. The molecule has 1 atom stereocenters. The summed E-state index contributed by atoms with van der Waals surface area (Å²) in [6, 6.07) is 15.4. The number of piperidine rings is 1. The van der Waals surface area contributed by atoms with Crippen molar-refractivity contribution >= 4 is 29.3 Å². The van der Waals surface area contributed by atoms with Gasteiger partial charge in [0.25, 0.3) is 0 Å². The van der Waals surface area contributed by atoms with Gasteiger partial charge >= 0.3 is 17.9 Å². The van der Waals surface area contributed by atoms with E-state index in [0.717, 1.165) is 39.5 Å². The number of allylic oxidation sites excluding steroid dienone is 1. The summed E-state index contributed by atoms with van der Waals surface area (Å²) in [7, 11) is 2.32. The maximum Gasteiger partial charge on any atom is 0.355 e. The van der Waals surface area contributed by atoms with E-state index in [9.17, 15) is 24.8 Å². The Morgan fingerprint density at radius 2 is 1.66 bits per heavy atom. The van der Waals surface area contributed by atoms with E-state index in [-0.39, 0.29) is 33.9 Å². The first-order chi connectivity index (χ1) is 18.3. The number of esters is 2. The van der Waals surface area contributed by atoms with E-state index in [4.69, 9.17) is 15.2 Å². The predicted octanol–water partition coefficient (Wildman–Crippen LogP) is 3.27. The lowest BCUT2D eigenvalue weighted by Crippen LogP contribution is -2.41. The van der Waals surface area contributed by atoms with E-state index in [1.807, 2.05) is 4.90 Å². The van der Waals surface area contributed by atoms with Gasteiger partial charge in [-0.05, 0) is 43.0 Å². The normalized spacial score (nSPS) is 17.7. The lowest BCUT2D eigenvalue weighted by Gasteiger charge is -2.36. The number of methoxy groups -OCH3 is 2. The van der Waals surface area contributed by atoms with Gasteiger partial charge in [-0.25, -0.2) is 14.4 Å². The Balaban J connectivity index is 1.99. The molecule has 0 saturated carbocycles. The van der Waals surface area contributed by atoms with Crippen molar-refractivity contribution in [1.29, 1.82) is 5.26 Å². The molecule has 0 aromatic heterocycles. The third-order valence-corrected chi connectivity index (χ3v) is 6.78.